The summed E-state index contributed by atoms with van der Waals surface area (Å²) in [6, 6.07) is 32.6. The van der Waals surface area contributed by atoms with Crippen molar-refractivity contribution < 1.29 is 18.0 Å². The topological polar surface area (TPSA) is 86.8 Å². The molecule has 41 heavy (non-hydrogen) atoms. The molecule has 0 unspecified atom stereocenters. The molecule has 4 aromatic carbocycles. The Labute approximate surface area is 250 Å². The molecule has 0 bridgehead atoms. The summed E-state index contributed by atoms with van der Waals surface area (Å²) in [6.45, 7) is 1.84. The second kappa shape index (κ2) is 14.1. The second-order valence-corrected chi connectivity index (χ2v) is 12.2. The summed E-state index contributed by atoms with van der Waals surface area (Å²) in [5, 5.41) is 2.87. The molecule has 0 aliphatic rings. The van der Waals surface area contributed by atoms with E-state index in [2.05, 4.69) is 21.2 Å². The molecule has 0 aliphatic heterocycles. The maximum Gasteiger partial charge on any atom is 0.264 e. The molecule has 4 aromatic rings. The lowest BCUT2D eigenvalue weighted by molar-refractivity contribution is -0.140. The fraction of sp³-hybridized carbons (Fsp3) is 0.188. The lowest BCUT2D eigenvalue weighted by atomic mass is 10.0. The van der Waals surface area contributed by atoms with Crippen LogP contribution in [0.15, 0.2) is 125 Å². The molecule has 7 nitrogen and oxygen atoms in total. The minimum atomic E-state index is -4.10. The van der Waals surface area contributed by atoms with Crippen molar-refractivity contribution in [3.05, 3.63) is 131 Å². The van der Waals surface area contributed by atoms with E-state index in [9.17, 15) is 18.0 Å². The summed E-state index contributed by atoms with van der Waals surface area (Å²) in [7, 11) is -4.10. The van der Waals surface area contributed by atoms with Gasteiger partial charge in [0.15, 0.2) is 0 Å². The van der Waals surface area contributed by atoms with Gasteiger partial charge in [0.25, 0.3) is 10.0 Å². The summed E-state index contributed by atoms with van der Waals surface area (Å²) in [5.74, 6) is -0.808. The van der Waals surface area contributed by atoms with Crippen molar-refractivity contribution >= 4 is 43.5 Å². The summed E-state index contributed by atoms with van der Waals surface area (Å²) in [4.78, 5) is 29.3. The number of hydrogen-bond donors (Lipinski definition) is 1. The summed E-state index contributed by atoms with van der Waals surface area (Å²) < 4.78 is 29.7. The maximum absolute atomic E-state index is 14.3. The van der Waals surface area contributed by atoms with E-state index >= 15 is 0 Å². The van der Waals surface area contributed by atoms with Gasteiger partial charge in [-0.2, -0.15) is 0 Å². The average molecular weight is 635 g/mol. The molecule has 0 fully saturated rings. The Kier molecular flexibility index (Phi) is 10.3. The number of para-hydroxylation sites is 1. The van der Waals surface area contributed by atoms with Crippen molar-refractivity contribution in [1.29, 1.82) is 0 Å². The Morgan fingerprint density at radius 2 is 1.39 bits per heavy atom. The number of likely N-dealkylation sites (N-methyl/N-ethyl adjacent to an activating group) is 1. The number of nitrogens with zero attached hydrogens (tertiary/aromatic N) is 2. The van der Waals surface area contributed by atoms with Gasteiger partial charge in [0.05, 0.1) is 10.6 Å². The Morgan fingerprint density at radius 1 is 0.805 bits per heavy atom. The van der Waals surface area contributed by atoms with Gasteiger partial charge < -0.3 is 10.2 Å². The third-order valence-electron chi connectivity index (χ3n) is 6.52. The standard InChI is InChI=1S/C32H32BrN3O4S/c1-2-34-32(38)30(22-25-13-6-3-7-14-25)35(23-26-15-12-16-27(33)21-26)31(37)24-36(28-17-8-4-9-18-28)41(39,40)29-19-10-5-11-20-29/h3-21,30H,2,22-24H2,1H3,(H,34,38)/t30-/m1/s1. The molecular weight excluding hydrogens is 602 g/mol. The van der Waals surface area contributed by atoms with Gasteiger partial charge in [-0.05, 0) is 54.4 Å². The molecule has 4 rings (SSSR count). The molecule has 0 spiro atoms. The number of anilines is 1. The number of hydrogen-bond acceptors (Lipinski definition) is 4. The number of sulfonamides is 1. The van der Waals surface area contributed by atoms with Crippen LogP contribution in [0.25, 0.3) is 0 Å². The molecule has 0 aromatic heterocycles. The molecule has 0 saturated carbocycles. The highest BCUT2D eigenvalue weighted by Crippen LogP contribution is 2.25. The highest BCUT2D eigenvalue weighted by Gasteiger charge is 2.34. The average Bonchev–Trinajstić information content (AvgIpc) is 2.99. The van der Waals surface area contributed by atoms with Crippen LogP contribution in [-0.2, 0) is 32.6 Å². The Bertz CT molecular complexity index is 1550. The zero-order valence-corrected chi connectivity index (χ0v) is 25.1. The number of carbonyl (C=O) groups excluding carboxylic acids is 2. The van der Waals surface area contributed by atoms with Crippen molar-refractivity contribution in [2.75, 3.05) is 17.4 Å². The van der Waals surface area contributed by atoms with Crippen LogP contribution in [0.5, 0.6) is 0 Å². The first-order valence-electron chi connectivity index (χ1n) is 13.3. The molecule has 1 N–H and O–H groups in total. The van der Waals surface area contributed by atoms with Crippen molar-refractivity contribution in [2.45, 2.75) is 30.8 Å². The summed E-state index contributed by atoms with van der Waals surface area (Å²) in [6.07, 6.45) is 0.267. The maximum atomic E-state index is 14.3. The SMILES string of the molecule is CCNC(=O)[C@@H](Cc1ccccc1)N(Cc1cccc(Br)c1)C(=O)CN(c1ccccc1)S(=O)(=O)c1ccccc1. The predicted octanol–water partition coefficient (Wildman–Crippen LogP) is 5.42. The van der Waals surface area contributed by atoms with Crippen LogP contribution >= 0.6 is 15.9 Å². The molecule has 212 valence electrons. The Hall–Kier alpha value is -3.95. The minimum Gasteiger partial charge on any atom is -0.355 e. The van der Waals surface area contributed by atoms with E-state index in [0.717, 1.165) is 19.9 Å². The van der Waals surface area contributed by atoms with E-state index in [-0.39, 0.29) is 23.8 Å². The van der Waals surface area contributed by atoms with Crippen molar-refractivity contribution in [3.8, 4) is 0 Å². The number of rotatable bonds is 12. The highest BCUT2D eigenvalue weighted by atomic mass is 79.9. The first-order chi connectivity index (χ1) is 19.8. The molecule has 0 saturated heterocycles. The molecule has 1 atom stereocenters. The van der Waals surface area contributed by atoms with Crippen LogP contribution in [-0.4, -0.2) is 44.3 Å². The van der Waals surface area contributed by atoms with Crippen molar-refractivity contribution in [1.82, 2.24) is 10.2 Å². The monoisotopic (exact) mass is 633 g/mol. The molecule has 0 heterocycles. The summed E-state index contributed by atoms with van der Waals surface area (Å²) >= 11 is 3.49. The third-order valence-corrected chi connectivity index (χ3v) is 8.80. The number of benzene rings is 4. The van der Waals surface area contributed by atoms with Crippen LogP contribution in [0.3, 0.4) is 0 Å². The van der Waals surface area contributed by atoms with Crippen LogP contribution in [0.2, 0.25) is 0 Å². The minimum absolute atomic E-state index is 0.0692. The van der Waals surface area contributed by atoms with Crippen LogP contribution in [0.4, 0.5) is 5.69 Å². The zero-order valence-electron chi connectivity index (χ0n) is 22.7. The quantitative estimate of drug-likeness (QED) is 0.226. The zero-order chi connectivity index (χ0) is 29.2. The van der Waals surface area contributed by atoms with Crippen molar-refractivity contribution in [3.63, 3.8) is 0 Å². The van der Waals surface area contributed by atoms with E-state index in [1.165, 1.54) is 17.0 Å². The predicted molar refractivity (Wildman–Crippen MR) is 165 cm³/mol. The van der Waals surface area contributed by atoms with Gasteiger partial charge in [-0.3, -0.25) is 13.9 Å². The number of nitrogens with one attached hydrogen (secondary N) is 1. The van der Waals surface area contributed by atoms with Gasteiger partial charge >= 0.3 is 0 Å². The van der Waals surface area contributed by atoms with Gasteiger partial charge in [-0.15, -0.1) is 0 Å². The molecule has 0 radical (unpaired) electrons. The van der Waals surface area contributed by atoms with Crippen LogP contribution in [0.1, 0.15) is 18.1 Å². The van der Waals surface area contributed by atoms with E-state index in [1.807, 2.05) is 61.5 Å². The van der Waals surface area contributed by atoms with Crippen LogP contribution in [0, 0.1) is 0 Å². The normalized spacial score (nSPS) is 11.9. The van der Waals surface area contributed by atoms with Crippen molar-refractivity contribution in [2.24, 2.45) is 0 Å². The van der Waals surface area contributed by atoms with Gasteiger partial charge in [-0.1, -0.05) is 94.8 Å². The van der Waals surface area contributed by atoms with Gasteiger partial charge in [0.2, 0.25) is 11.8 Å². The Balaban J connectivity index is 1.77. The number of carbonyl (C=O) groups is 2. The number of halogens is 1. The smallest absolute Gasteiger partial charge is 0.264 e. The fourth-order valence-electron chi connectivity index (χ4n) is 4.52. The molecular formula is C32H32BrN3O4S. The first-order valence-corrected chi connectivity index (χ1v) is 15.5. The highest BCUT2D eigenvalue weighted by molar-refractivity contribution is 9.10. The van der Waals surface area contributed by atoms with E-state index < -0.39 is 28.5 Å². The van der Waals surface area contributed by atoms with Gasteiger partial charge in [0.1, 0.15) is 12.6 Å². The van der Waals surface area contributed by atoms with E-state index in [4.69, 9.17) is 0 Å². The van der Waals surface area contributed by atoms with Crippen LogP contribution < -0.4 is 9.62 Å². The van der Waals surface area contributed by atoms with Gasteiger partial charge in [0, 0.05) is 24.0 Å². The van der Waals surface area contributed by atoms with Gasteiger partial charge in [-0.25, -0.2) is 8.42 Å². The molecule has 0 aliphatic carbocycles. The lowest BCUT2D eigenvalue weighted by Gasteiger charge is -2.33. The number of amides is 2. The van der Waals surface area contributed by atoms with E-state index in [0.29, 0.717) is 12.2 Å². The fourth-order valence-corrected chi connectivity index (χ4v) is 6.40. The van der Waals surface area contributed by atoms with E-state index in [1.54, 1.807) is 48.5 Å². The Morgan fingerprint density at radius 3 is 2.00 bits per heavy atom. The summed E-state index contributed by atoms with van der Waals surface area (Å²) in [5.41, 5.74) is 2.03. The molecule has 2 amide bonds. The first kappa shape index (κ1) is 30.0. The second-order valence-electron chi connectivity index (χ2n) is 9.41. The lowest BCUT2D eigenvalue weighted by Crippen LogP contribution is -2.53. The molecule has 9 heteroatoms. The third kappa shape index (κ3) is 7.83. The largest absolute Gasteiger partial charge is 0.355 e.